The molecule has 1 aliphatic rings. The van der Waals surface area contributed by atoms with Gasteiger partial charge in [0.1, 0.15) is 5.75 Å². The average Bonchev–Trinajstić information content (AvgIpc) is 2.54. The van der Waals surface area contributed by atoms with Crippen molar-refractivity contribution in [3.8, 4) is 5.75 Å². The maximum Gasteiger partial charge on any atom is 0.240 e. The molecule has 0 bridgehead atoms. The van der Waals surface area contributed by atoms with E-state index in [0.717, 1.165) is 35.3 Å². The lowest BCUT2D eigenvalue weighted by molar-refractivity contribution is 0.288. The first-order valence-electron chi connectivity index (χ1n) is 7.35. The molecule has 1 heterocycles. The standard InChI is InChI=1S/C17H19NO3S/c1-13-4-6-14(7-5-13)12-18-22(19,20)16-8-9-17-15(11-16)3-2-10-21-17/h4-9,11,18H,2-3,10,12H2,1H3. The van der Waals surface area contributed by atoms with Crippen LogP contribution in [0.15, 0.2) is 47.4 Å². The molecule has 2 aromatic rings. The number of fused-ring (bicyclic) bond motifs is 1. The van der Waals surface area contributed by atoms with Gasteiger partial charge in [0.25, 0.3) is 0 Å². The van der Waals surface area contributed by atoms with Gasteiger partial charge >= 0.3 is 0 Å². The monoisotopic (exact) mass is 317 g/mol. The van der Waals surface area contributed by atoms with E-state index in [1.165, 1.54) is 0 Å². The third-order valence-electron chi connectivity index (χ3n) is 3.78. The third kappa shape index (κ3) is 3.31. The van der Waals surface area contributed by atoms with E-state index in [9.17, 15) is 8.42 Å². The van der Waals surface area contributed by atoms with Crippen molar-refractivity contribution in [2.45, 2.75) is 31.2 Å². The Morgan fingerprint density at radius 2 is 1.91 bits per heavy atom. The molecule has 1 aliphatic heterocycles. The second kappa shape index (κ2) is 6.10. The zero-order valence-corrected chi connectivity index (χ0v) is 13.3. The Morgan fingerprint density at radius 3 is 2.68 bits per heavy atom. The highest BCUT2D eigenvalue weighted by atomic mass is 32.2. The third-order valence-corrected chi connectivity index (χ3v) is 5.18. The normalized spacial score (nSPS) is 14.2. The minimum absolute atomic E-state index is 0.288. The van der Waals surface area contributed by atoms with Crippen molar-refractivity contribution in [3.05, 3.63) is 59.2 Å². The van der Waals surface area contributed by atoms with Crippen molar-refractivity contribution >= 4 is 10.0 Å². The molecule has 1 N–H and O–H groups in total. The van der Waals surface area contributed by atoms with Crippen LogP contribution in [0.5, 0.6) is 5.75 Å². The van der Waals surface area contributed by atoms with Gasteiger partial charge in [0.15, 0.2) is 0 Å². The summed E-state index contributed by atoms with van der Waals surface area (Å²) in [5.41, 5.74) is 3.06. The summed E-state index contributed by atoms with van der Waals surface area (Å²) in [6.07, 6.45) is 1.78. The fourth-order valence-electron chi connectivity index (χ4n) is 2.47. The minimum Gasteiger partial charge on any atom is -0.493 e. The van der Waals surface area contributed by atoms with Crippen molar-refractivity contribution in [1.82, 2.24) is 4.72 Å². The number of rotatable bonds is 4. The highest BCUT2D eigenvalue weighted by Crippen LogP contribution is 2.27. The summed E-state index contributed by atoms with van der Waals surface area (Å²) in [4.78, 5) is 0.295. The predicted molar refractivity (Wildman–Crippen MR) is 85.5 cm³/mol. The summed E-state index contributed by atoms with van der Waals surface area (Å²) in [5.74, 6) is 0.795. The first-order chi connectivity index (χ1) is 10.5. The molecule has 116 valence electrons. The van der Waals surface area contributed by atoms with E-state index in [1.54, 1.807) is 18.2 Å². The predicted octanol–water partition coefficient (Wildman–Crippen LogP) is 2.80. The molecule has 2 aromatic carbocycles. The van der Waals surface area contributed by atoms with Crippen LogP contribution in [0.3, 0.4) is 0 Å². The first-order valence-corrected chi connectivity index (χ1v) is 8.84. The summed E-state index contributed by atoms with van der Waals surface area (Å²) < 4.78 is 33.0. The lowest BCUT2D eigenvalue weighted by Gasteiger charge is -2.18. The molecule has 0 saturated heterocycles. The molecule has 0 saturated carbocycles. The quantitative estimate of drug-likeness (QED) is 0.943. The van der Waals surface area contributed by atoms with Crippen LogP contribution in [0, 0.1) is 6.92 Å². The van der Waals surface area contributed by atoms with Gasteiger partial charge in [0, 0.05) is 6.54 Å². The van der Waals surface area contributed by atoms with Crippen LogP contribution in [0.2, 0.25) is 0 Å². The van der Waals surface area contributed by atoms with Crippen LogP contribution < -0.4 is 9.46 Å². The zero-order valence-electron chi connectivity index (χ0n) is 12.5. The molecule has 3 rings (SSSR count). The Morgan fingerprint density at radius 1 is 1.14 bits per heavy atom. The Hall–Kier alpha value is -1.85. The molecule has 0 aliphatic carbocycles. The van der Waals surface area contributed by atoms with Crippen LogP contribution in [0.25, 0.3) is 0 Å². The van der Waals surface area contributed by atoms with Crippen molar-refractivity contribution in [3.63, 3.8) is 0 Å². The van der Waals surface area contributed by atoms with Gasteiger partial charge in [-0.15, -0.1) is 0 Å². The Kier molecular flexibility index (Phi) is 4.18. The molecule has 0 amide bonds. The Bertz CT molecular complexity index is 767. The van der Waals surface area contributed by atoms with E-state index in [0.29, 0.717) is 11.5 Å². The summed E-state index contributed by atoms with van der Waals surface area (Å²) in [5, 5.41) is 0. The van der Waals surface area contributed by atoms with Gasteiger partial charge < -0.3 is 4.74 Å². The summed E-state index contributed by atoms with van der Waals surface area (Å²) in [6, 6.07) is 12.9. The Balaban J connectivity index is 1.76. The second-order valence-corrected chi connectivity index (χ2v) is 7.30. The number of hydrogen-bond acceptors (Lipinski definition) is 3. The topological polar surface area (TPSA) is 55.4 Å². The van der Waals surface area contributed by atoms with Gasteiger partial charge in [-0.05, 0) is 49.1 Å². The van der Waals surface area contributed by atoms with Crippen LogP contribution >= 0.6 is 0 Å². The molecule has 5 heteroatoms. The zero-order chi connectivity index (χ0) is 15.6. The molecule has 0 unspecified atom stereocenters. The summed E-state index contributed by atoms with van der Waals surface area (Å²) in [6.45, 7) is 2.99. The van der Waals surface area contributed by atoms with E-state index < -0.39 is 10.0 Å². The van der Waals surface area contributed by atoms with E-state index >= 15 is 0 Å². The molecule has 22 heavy (non-hydrogen) atoms. The van der Waals surface area contributed by atoms with Crippen molar-refractivity contribution in [2.24, 2.45) is 0 Å². The number of sulfonamides is 1. The van der Waals surface area contributed by atoms with Crippen LogP contribution in [-0.4, -0.2) is 15.0 Å². The molecule has 0 radical (unpaired) electrons. The average molecular weight is 317 g/mol. The maximum atomic E-state index is 12.4. The van der Waals surface area contributed by atoms with E-state index in [4.69, 9.17) is 4.74 Å². The van der Waals surface area contributed by atoms with Crippen molar-refractivity contribution in [1.29, 1.82) is 0 Å². The van der Waals surface area contributed by atoms with Crippen molar-refractivity contribution in [2.75, 3.05) is 6.61 Å². The van der Waals surface area contributed by atoms with E-state index in [2.05, 4.69) is 4.72 Å². The highest BCUT2D eigenvalue weighted by molar-refractivity contribution is 7.89. The van der Waals surface area contributed by atoms with Gasteiger partial charge in [-0.25, -0.2) is 13.1 Å². The smallest absolute Gasteiger partial charge is 0.240 e. The summed E-state index contributed by atoms with van der Waals surface area (Å²) >= 11 is 0. The van der Waals surface area contributed by atoms with E-state index in [1.807, 2.05) is 31.2 Å². The molecule has 0 atom stereocenters. The van der Waals surface area contributed by atoms with Gasteiger partial charge in [-0.1, -0.05) is 29.8 Å². The number of aryl methyl sites for hydroxylation is 2. The maximum absolute atomic E-state index is 12.4. The van der Waals surface area contributed by atoms with Gasteiger partial charge in [0.05, 0.1) is 11.5 Å². The van der Waals surface area contributed by atoms with Gasteiger partial charge in [-0.3, -0.25) is 0 Å². The largest absolute Gasteiger partial charge is 0.493 e. The first kappa shape index (κ1) is 15.1. The molecule has 0 spiro atoms. The van der Waals surface area contributed by atoms with Gasteiger partial charge in [-0.2, -0.15) is 0 Å². The van der Waals surface area contributed by atoms with E-state index in [-0.39, 0.29) is 6.54 Å². The van der Waals surface area contributed by atoms with Gasteiger partial charge in [0.2, 0.25) is 10.0 Å². The fraction of sp³-hybridized carbons (Fsp3) is 0.294. The van der Waals surface area contributed by atoms with Crippen molar-refractivity contribution < 1.29 is 13.2 Å². The minimum atomic E-state index is -3.51. The number of benzene rings is 2. The van der Waals surface area contributed by atoms with Crippen LogP contribution in [0.4, 0.5) is 0 Å². The number of ether oxygens (including phenoxy) is 1. The number of nitrogens with one attached hydrogen (secondary N) is 1. The Labute approximate surface area is 131 Å². The number of hydrogen-bond donors (Lipinski definition) is 1. The molecular formula is C17H19NO3S. The summed E-state index contributed by atoms with van der Waals surface area (Å²) in [7, 11) is -3.51. The fourth-order valence-corrected chi connectivity index (χ4v) is 3.54. The lowest BCUT2D eigenvalue weighted by atomic mass is 10.1. The molecule has 0 fully saturated rings. The molecule has 4 nitrogen and oxygen atoms in total. The second-order valence-electron chi connectivity index (χ2n) is 5.53. The SMILES string of the molecule is Cc1ccc(CNS(=O)(=O)c2ccc3c(c2)CCCO3)cc1. The van der Waals surface area contributed by atoms with Crippen LogP contribution in [-0.2, 0) is 23.0 Å². The highest BCUT2D eigenvalue weighted by Gasteiger charge is 2.18. The molecular weight excluding hydrogens is 298 g/mol. The molecule has 0 aromatic heterocycles. The lowest BCUT2D eigenvalue weighted by Crippen LogP contribution is -2.23. The van der Waals surface area contributed by atoms with Crippen LogP contribution in [0.1, 0.15) is 23.1 Å².